The van der Waals surface area contributed by atoms with Gasteiger partial charge >= 0.3 is 0 Å². The number of thiophene rings is 1. The number of benzene rings is 1. The highest BCUT2D eigenvalue weighted by molar-refractivity contribution is 14.1. The van der Waals surface area contributed by atoms with E-state index in [1.54, 1.807) is 0 Å². The van der Waals surface area contributed by atoms with Gasteiger partial charge in [-0.1, -0.05) is 17.4 Å². The van der Waals surface area contributed by atoms with Gasteiger partial charge < -0.3 is 5.11 Å². The van der Waals surface area contributed by atoms with Crippen LogP contribution in [0.25, 0.3) is 10.1 Å². The first-order chi connectivity index (χ1) is 6.24. The molecule has 0 spiro atoms. The Kier molecular flexibility index (Phi) is 2.67. The lowest BCUT2D eigenvalue weighted by Crippen LogP contribution is -1.78. The van der Waals surface area contributed by atoms with Gasteiger partial charge in [0, 0.05) is 19.2 Å². The summed E-state index contributed by atoms with van der Waals surface area (Å²) in [7, 11) is 0. The summed E-state index contributed by atoms with van der Waals surface area (Å²) in [6.07, 6.45) is 0. The zero-order valence-corrected chi connectivity index (χ0v) is 10.3. The number of alkyl halides is 1. The van der Waals surface area contributed by atoms with Crippen LogP contribution in [0, 0.1) is 3.57 Å². The minimum atomic E-state index is 0.342. The molecule has 0 fully saturated rings. The average molecular weight is 325 g/mol. The highest BCUT2D eigenvalue weighted by Gasteiger charge is 2.12. The molecule has 1 N–H and O–H groups in total. The third-order valence-electron chi connectivity index (χ3n) is 1.88. The van der Waals surface area contributed by atoms with E-state index < -0.39 is 0 Å². The van der Waals surface area contributed by atoms with Crippen LogP contribution in [-0.2, 0) is 5.88 Å². The van der Waals surface area contributed by atoms with Crippen molar-refractivity contribution in [2.45, 2.75) is 5.88 Å². The molecule has 0 aliphatic heterocycles. The van der Waals surface area contributed by atoms with E-state index in [9.17, 15) is 5.11 Å². The van der Waals surface area contributed by atoms with Crippen LogP contribution >= 0.6 is 45.5 Å². The molecule has 0 saturated heterocycles. The van der Waals surface area contributed by atoms with Crippen molar-refractivity contribution in [2.75, 3.05) is 0 Å². The summed E-state index contributed by atoms with van der Waals surface area (Å²) in [6.45, 7) is 0. The number of rotatable bonds is 1. The minimum Gasteiger partial charge on any atom is -0.499 e. The van der Waals surface area contributed by atoms with Crippen LogP contribution < -0.4 is 0 Å². The second-order valence-electron chi connectivity index (χ2n) is 2.63. The molecule has 0 bridgehead atoms. The summed E-state index contributed by atoms with van der Waals surface area (Å²) in [6, 6.07) is 6.00. The number of halogens is 2. The Bertz CT molecular complexity index is 452. The molecular weight excluding hydrogens is 319 g/mol. The van der Waals surface area contributed by atoms with Crippen LogP contribution in [0.15, 0.2) is 18.2 Å². The Morgan fingerprint density at radius 1 is 1.46 bits per heavy atom. The fourth-order valence-corrected chi connectivity index (χ4v) is 3.61. The standard InChI is InChI=1S/C9H6ClIOS/c10-4-5-8-6(11)2-1-3-7(8)13-9(5)12/h1-3,12H,4H2. The van der Waals surface area contributed by atoms with Crippen LogP contribution in [-0.4, -0.2) is 5.11 Å². The Morgan fingerprint density at radius 3 is 2.92 bits per heavy atom. The maximum atomic E-state index is 9.59. The number of fused-ring (bicyclic) bond motifs is 1. The molecule has 4 heteroatoms. The SMILES string of the molecule is Oc1sc2cccc(I)c2c1CCl. The second-order valence-corrected chi connectivity index (χ2v) is 5.09. The van der Waals surface area contributed by atoms with Gasteiger partial charge in [0.25, 0.3) is 0 Å². The summed E-state index contributed by atoms with van der Waals surface area (Å²) in [5, 5.41) is 11.0. The molecule has 68 valence electrons. The van der Waals surface area contributed by atoms with Crippen molar-refractivity contribution < 1.29 is 5.11 Å². The highest BCUT2D eigenvalue weighted by Crippen LogP contribution is 2.39. The number of hydrogen-bond donors (Lipinski definition) is 1. The summed E-state index contributed by atoms with van der Waals surface area (Å²) < 4.78 is 2.24. The molecule has 1 nitrogen and oxygen atoms in total. The molecule has 1 aromatic heterocycles. The van der Waals surface area contributed by atoms with Gasteiger partial charge in [-0.25, -0.2) is 0 Å². The topological polar surface area (TPSA) is 20.2 Å². The summed E-state index contributed by atoms with van der Waals surface area (Å²) in [4.78, 5) is 0. The van der Waals surface area contributed by atoms with Gasteiger partial charge in [0.15, 0.2) is 5.06 Å². The molecule has 0 saturated carbocycles. The van der Waals surface area contributed by atoms with Gasteiger partial charge in [-0.3, -0.25) is 0 Å². The van der Waals surface area contributed by atoms with Crippen LogP contribution in [0.1, 0.15) is 5.56 Å². The zero-order valence-electron chi connectivity index (χ0n) is 6.55. The Morgan fingerprint density at radius 2 is 2.23 bits per heavy atom. The van der Waals surface area contributed by atoms with Crippen LogP contribution in [0.3, 0.4) is 0 Å². The van der Waals surface area contributed by atoms with Crippen molar-refractivity contribution in [1.29, 1.82) is 0 Å². The molecule has 1 aromatic carbocycles. The first-order valence-corrected chi connectivity index (χ1v) is 6.12. The lowest BCUT2D eigenvalue weighted by atomic mass is 10.2. The lowest BCUT2D eigenvalue weighted by Gasteiger charge is -1.96. The molecule has 2 rings (SSSR count). The van der Waals surface area contributed by atoms with Gasteiger partial charge in [0.1, 0.15) is 0 Å². The van der Waals surface area contributed by atoms with Crippen LogP contribution in [0.5, 0.6) is 5.06 Å². The minimum absolute atomic E-state index is 0.342. The molecular formula is C9H6ClIOS. The molecule has 13 heavy (non-hydrogen) atoms. The van der Waals surface area contributed by atoms with E-state index in [-0.39, 0.29) is 0 Å². The Hall–Kier alpha value is -0.0000000000000000555. The number of aromatic hydroxyl groups is 1. The second kappa shape index (κ2) is 3.63. The molecule has 2 aromatic rings. The third-order valence-corrected chi connectivity index (χ3v) is 4.04. The van der Waals surface area contributed by atoms with Crippen molar-refractivity contribution in [2.24, 2.45) is 0 Å². The van der Waals surface area contributed by atoms with E-state index in [4.69, 9.17) is 11.6 Å². The predicted octanol–water partition coefficient (Wildman–Crippen LogP) is 3.95. The predicted molar refractivity (Wildman–Crippen MR) is 65.8 cm³/mol. The van der Waals surface area contributed by atoms with E-state index in [0.29, 0.717) is 10.9 Å². The van der Waals surface area contributed by atoms with Crippen LogP contribution in [0.2, 0.25) is 0 Å². The van der Waals surface area contributed by atoms with E-state index >= 15 is 0 Å². The Balaban J connectivity index is 2.88. The van der Waals surface area contributed by atoms with Gasteiger partial charge in [0.05, 0.1) is 5.88 Å². The Labute approximate surface area is 98.5 Å². The zero-order chi connectivity index (χ0) is 9.42. The van der Waals surface area contributed by atoms with Crippen LogP contribution in [0.4, 0.5) is 0 Å². The van der Waals surface area contributed by atoms with Gasteiger partial charge in [-0.15, -0.1) is 11.6 Å². The van der Waals surface area contributed by atoms with E-state index in [1.807, 2.05) is 18.2 Å². The van der Waals surface area contributed by atoms with E-state index in [0.717, 1.165) is 19.2 Å². The maximum absolute atomic E-state index is 9.59. The van der Waals surface area contributed by atoms with Crippen molar-refractivity contribution in [3.8, 4) is 5.06 Å². The summed E-state index contributed by atoms with van der Waals surface area (Å²) >= 11 is 9.41. The lowest BCUT2D eigenvalue weighted by molar-refractivity contribution is 0.487. The molecule has 0 aliphatic rings. The van der Waals surface area contributed by atoms with Gasteiger partial charge in [-0.05, 0) is 34.7 Å². The smallest absolute Gasteiger partial charge is 0.176 e. The molecule has 1 heterocycles. The molecule has 0 aliphatic carbocycles. The normalized spacial score (nSPS) is 10.9. The third kappa shape index (κ3) is 1.53. The van der Waals surface area contributed by atoms with Gasteiger partial charge in [-0.2, -0.15) is 0 Å². The van der Waals surface area contributed by atoms with E-state index in [2.05, 4.69) is 22.6 Å². The molecule has 0 atom stereocenters. The maximum Gasteiger partial charge on any atom is 0.176 e. The van der Waals surface area contributed by atoms with Crippen molar-refractivity contribution in [3.05, 3.63) is 27.3 Å². The largest absolute Gasteiger partial charge is 0.499 e. The average Bonchev–Trinajstić information content (AvgIpc) is 2.42. The molecule has 0 unspecified atom stereocenters. The fourth-order valence-electron chi connectivity index (χ4n) is 1.28. The van der Waals surface area contributed by atoms with Crippen molar-refractivity contribution in [1.82, 2.24) is 0 Å². The number of hydrogen-bond acceptors (Lipinski definition) is 2. The van der Waals surface area contributed by atoms with Crippen molar-refractivity contribution >= 4 is 55.6 Å². The highest BCUT2D eigenvalue weighted by atomic mass is 127. The molecule has 0 radical (unpaired) electrons. The van der Waals surface area contributed by atoms with Crippen molar-refractivity contribution in [3.63, 3.8) is 0 Å². The quantitative estimate of drug-likeness (QED) is 0.622. The monoisotopic (exact) mass is 324 g/mol. The van der Waals surface area contributed by atoms with E-state index in [1.165, 1.54) is 11.3 Å². The summed E-state index contributed by atoms with van der Waals surface area (Å²) in [5.74, 6) is 0.367. The first-order valence-electron chi connectivity index (χ1n) is 3.69. The van der Waals surface area contributed by atoms with Gasteiger partial charge in [0.2, 0.25) is 0 Å². The molecule has 0 amide bonds. The summed E-state index contributed by atoms with van der Waals surface area (Å²) in [5.41, 5.74) is 0.853. The first kappa shape index (κ1) is 9.55. The fraction of sp³-hybridized carbons (Fsp3) is 0.111.